The van der Waals surface area contributed by atoms with Crippen LogP contribution in [0.1, 0.15) is 5.56 Å². The Labute approximate surface area is 167 Å². The maximum absolute atomic E-state index is 12.8. The number of amides is 4. The molecule has 0 aromatic heterocycles. The fourth-order valence-corrected chi connectivity index (χ4v) is 2.96. The van der Waals surface area contributed by atoms with Gasteiger partial charge in [-0.05, 0) is 48.0 Å². The van der Waals surface area contributed by atoms with Crippen LogP contribution in [0.3, 0.4) is 0 Å². The monoisotopic (exact) mass is 450 g/mol. The molecule has 0 unspecified atom stereocenters. The van der Waals surface area contributed by atoms with E-state index in [0.29, 0.717) is 11.3 Å². The highest BCUT2D eigenvalue weighted by atomic mass is 79.9. The minimum atomic E-state index is -0.842. The van der Waals surface area contributed by atoms with Crippen LogP contribution >= 0.6 is 27.5 Å². The molecule has 1 heterocycles. The number of phenolic OH excluding ortho intramolecular Hbond substituents is 1. The van der Waals surface area contributed by atoms with Crippen LogP contribution in [0.25, 0.3) is 6.08 Å². The minimum absolute atomic E-state index is 0.00860. The number of urea groups is 1. The van der Waals surface area contributed by atoms with Gasteiger partial charge in [-0.3, -0.25) is 14.9 Å². The fourth-order valence-electron chi connectivity index (χ4n) is 2.48. The van der Waals surface area contributed by atoms with Gasteiger partial charge in [-0.1, -0.05) is 27.5 Å². The van der Waals surface area contributed by atoms with Gasteiger partial charge in [-0.15, -0.1) is 0 Å². The van der Waals surface area contributed by atoms with E-state index in [-0.39, 0.29) is 22.1 Å². The first-order valence-corrected chi connectivity index (χ1v) is 8.72. The Hall–Kier alpha value is -2.84. The van der Waals surface area contributed by atoms with Crippen molar-refractivity contribution in [3.05, 3.63) is 57.0 Å². The van der Waals surface area contributed by atoms with Crippen molar-refractivity contribution in [2.24, 2.45) is 0 Å². The molecule has 1 aliphatic heterocycles. The Morgan fingerprint density at radius 1 is 1.19 bits per heavy atom. The molecule has 1 saturated heterocycles. The third kappa shape index (κ3) is 3.67. The molecular formula is C18H12BrClN2O5. The number of methoxy groups -OCH3 is 1. The highest BCUT2D eigenvalue weighted by molar-refractivity contribution is 9.10. The molecule has 0 saturated carbocycles. The van der Waals surface area contributed by atoms with E-state index < -0.39 is 17.8 Å². The summed E-state index contributed by atoms with van der Waals surface area (Å²) in [4.78, 5) is 38.0. The lowest BCUT2D eigenvalue weighted by atomic mass is 10.1. The number of imide groups is 2. The zero-order valence-corrected chi connectivity index (χ0v) is 16.2. The zero-order valence-electron chi connectivity index (χ0n) is 13.8. The molecule has 0 bridgehead atoms. The van der Waals surface area contributed by atoms with E-state index in [0.717, 1.165) is 9.37 Å². The molecule has 0 spiro atoms. The van der Waals surface area contributed by atoms with Gasteiger partial charge in [0, 0.05) is 4.47 Å². The Bertz CT molecular complexity index is 988. The van der Waals surface area contributed by atoms with E-state index in [4.69, 9.17) is 16.3 Å². The molecule has 0 atom stereocenters. The molecule has 27 heavy (non-hydrogen) atoms. The van der Waals surface area contributed by atoms with Crippen molar-refractivity contribution in [3.8, 4) is 11.5 Å². The lowest BCUT2D eigenvalue weighted by Gasteiger charge is -2.26. The van der Waals surface area contributed by atoms with Gasteiger partial charge < -0.3 is 9.84 Å². The summed E-state index contributed by atoms with van der Waals surface area (Å²) < 4.78 is 5.78. The van der Waals surface area contributed by atoms with Gasteiger partial charge in [0.2, 0.25) is 0 Å². The van der Waals surface area contributed by atoms with Crippen LogP contribution in [0.4, 0.5) is 10.5 Å². The third-order valence-electron chi connectivity index (χ3n) is 3.77. The number of nitrogens with one attached hydrogen (secondary N) is 1. The molecule has 0 aliphatic carbocycles. The molecule has 7 nitrogen and oxygen atoms in total. The van der Waals surface area contributed by atoms with Crippen LogP contribution in [0.15, 0.2) is 46.4 Å². The number of carbonyl (C=O) groups is 3. The highest BCUT2D eigenvalue weighted by Crippen LogP contribution is 2.36. The molecular weight excluding hydrogens is 440 g/mol. The number of aromatic hydroxyl groups is 1. The number of halogens is 2. The number of hydrogen-bond donors (Lipinski definition) is 2. The SMILES string of the molecule is COc1cc(/C=C2\C(=O)NC(=O)N(c3ccc(Br)cc3)C2=O)cc(Cl)c1O. The van der Waals surface area contributed by atoms with E-state index >= 15 is 0 Å². The minimum Gasteiger partial charge on any atom is -0.503 e. The lowest BCUT2D eigenvalue weighted by molar-refractivity contribution is -0.122. The van der Waals surface area contributed by atoms with Crippen LogP contribution in [0.2, 0.25) is 5.02 Å². The predicted molar refractivity (Wildman–Crippen MR) is 103 cm³/mol. The first kappa shape index (κ1) is 18.9. The highest BCUT2D eigenvalue weighted by Gasteiger charge is 2.36. The molecule has 1 fully saturated rings. The van der Waals surface area contributed by atoms with Gasteiger partial charge >= 0.3 is 6.03 Å². The number of carbonyl (C=O) groups excluding carboxylic acids is 3. The number of ether oxygens (including phenoxy) is 1. The van der Waals surface area contributed by atoms with Crippen molar-refractivity contribution in [1.82, 2.24) is 5.32 Å². The average molecular weight is 452 g/mol. The first-order chi connectivity index (χ1) is 12.8. The third-order valence-corrected chi connectivity index (χ3v) is 4.58. The van der Waals surface area contributed by atoms with Crippen molar-refractivity contribution in [1.29, 1.82) is 0 Å². The summed E-state index contributed by atoms with van der Waals surface area (Å²) in [6.07, 6.45) is 1.27. The van der Waals surface area contributed by atoms with Crippen LogP contribution in [-0.2, 0) is 9.59 Å². The average Bonchev–Trinajstić information content (AvgIpc) is 2.62. The molecule has 4 amide bonds. The number of nitrogens with zero attached hydrogens (tertiary/aromatic N) is 1. The van der Waals surface area contributed by atoms with Gasteiger partial charge in [-0.25, -0.2) is 9.69 Å². The van der Waals surface area contributed by atoms with Gasteiger partial charge in [0.25, 0.3) is 11.8 Å². The number of benzene rings is 2. The maximum Gasteiger partial charge on any atom is 0.335 e. The summed E-state index contributed by atoms with van der Waals surface area (Å²) >= 11 is 9.21. The lowest BCUT2D eigenvalue weighted by Crippen LogP contribution is -2.54. The largest absolute Gasteiger partial charge is 0.503 e. The molecule has 2 aromatic rings. The number of phenols is 1. The van der Waals surface area contributed by atoms with Gasteiger partial charge in [0.15, 0.2) is 11.5 Å². The molecule has 138 valence electrons. The summed E-state index contributed by atoms with van der Waals surface area (Å²) in [7, 11) is 1.34. The second-order valence-corrected chi connectivity index (χ2v) is 6.81. The Balaban J connectivity index is 2.04. The number of barbiturate groups is 1. The molecule has 2 aromatic carbocycles. The molecule has 2 N–H and O–H groups in total. The Morgan fingerprint density at radius 3 is 2.48 bits per heavy atom. The summed E-state index contributed by atoms with van der Waals surface area (Å²) in [5.74, 6) is -1.79. The molecule has 3 rings (SSSR count). The van der Waals surface area contributed by atoms with Crippen LogP contribution < -0.4 is 15.0 Å². The molecule has 0 radical (unpaired) electrons. The summed E-state index contributed by atoms with van der Waals surface area (Å²) in [6, 6.07) is 8.40. The van der Waals surface area contributed by atoms with E-state index in [1.54, 1.807) is 24.3 Å². The fraction of sp³-hybridized carbons (Fsp3) is 0.0556. The van der Waals surface area contributed by atoms with Crippen molar-refractivity contribution in [2.45, 2.75) is 0 Å². The van der Waals surface area contributed by atoms with Crippen LogP contribution in [-0.4, -0.2) is 30.1 Å². The van der Waals surface area contributed by atoms with Crippen LogP contribution in [0.5, 0.6) is 11.5 Å². The van der Waals surface area contributed by atoms with Crippen molar-refractivity contribution < 1.29 is 24.2 Å². The second-order valence-electron chi connectivity index (χ2n) is 5.49. The summed E-state index contributed by atoms with van der Waals surface area (Å²) in [5, 5.41) is 11.9. The second kappa shape index (κ2) is 7.42. The number of hydrogen-bond acceptors (Lipinski definition) is 5. The molecule has 1 aliphatic rings. The number of anilines is 1. The van der Waals surface area contributed by atoms with Crippen LogP contribution in [0, 0.1) is 0 Å². The first-order valence-electron chi connectivity index (χ1n) is 7.55. The van der Waals surface area contributed by atoms with Crippen molar-refractivity contribution in [2.75, 3.05) is 12.0 Å². The maximum atomic E-state index is 12.8. The van der Waals surface area contributed by atoms with E-state index in [1.165, 1.54) is 25.3 Å². The van der Waals surface area contributed by atoms with E-state index in [9.17, 15) is 19.5 Å². The van der Waals surface area contributed by atoms with Gasteiger partial charge in [0.1, 0.15) is 5.57 Å². The van der Waals surface area contributed by atoms with Gasteiger partial charge in [-0.2, -0.15) is 0 Å². The predicted octanol–water partition coefficient (Wildman–Crippen LogP) is 3.48. The van der Waals surface area contributed by atoms with Gasteiger partial charge in [0.05, 0.1) is 17.8 Å². The zero-order chi connectivity index (χ0) is 19.7. The van der Waals surface area contributed by atoms with E-state index in [2.05, 4.69) is 21.2 Å². The molecule has 9 heteroatoms. The summed E-state index contributed by atoms with van der Waals surface area (Å²) in [6.45, 7) is 0. The van der Waals surface area contributed by atoms with Crippen molar-refractivity contribution in [3.63, 3.8) is 0 Å². The normalized spacial score (nSPS) is 15.9. The Kier molecular flexibility index (Phi) is 5.20. The van der Waals surface area contributed by atoms with Crippen molar-refractivity contribution >= 4 is 57.1 Å². The van der Waals surface area contributed by atoms with E-state index in [1.807, 2.05) is 0 Å². The quantitative estimate of drug-likeness (QED) is 0.550. The smallest absolute Gasteiger partial charge is 0.335 e. The number of rotatable bonds is 3. The Morgan fingerprint density at radius 2 is 1.85 bits per heavy atom. The topological polar surface area (TPSA) is 95.9 Å². The standard InChI is InChI=1S/C18H12BrClN2O5/c1-27-14-8-9(7-13(20)15(14)23)6-12-16(24)21-18(26)22(17(12)25)11-4-2-10(19)3-5-11/h2-8,23H,1H3,(H,21,24,26)/b12-6+. The summed E-state index contributed by atoms with van der Waals surface area (Å²) in [5.41, 5.74) is 0.389.